The minimum atomic E-state index is -1.23. The van der Waals surface area contributed by atoms with E-state index in [1.54, 1.807) is 37.5 Å². The summed E-state index contributed by atoms with van der Waals surface area (Å²) in [6, 6.07) is 5.34. The Labute approximate surface area is 104 Å². The van der Waals surface area contributed by atoms with Crippen molar-refractivity contribution in [2.45, 2.75) is 19.1 Å². The van der Waals surface area contributed by atoms with E-state index in [4.69, 9.17) is 17.3 Å². The summed E-state index contributed by atoms with van der Waals surface area (Å²) in [5, 5.41) is 11.1. The summed E-state index contributed by atoms with van der Waals surface area (Å²) >= 11 is 6.08. The maximum absolute atomic E-state index is 10.6. The van der Waals surface area contributed by atoms with Crippen LogP contribution in [0.3, 0.4) is 0 Å². The van der Waals surface area contributed by atoms with Crippen LogP contribution in [-0.2, 0) is 12.1 Å². The van der Waals surface area contributed by atoms with Crippen LogP contribution in [0.15, 0.2) is 30.6 Å². The van der Waals surface area contributed by atoms with E-state index in [0.29, 0.717) is 16.4 Å². The molecule has 0 aliphatic heterocycles. The summed E-state index contributed by atoms with van der Waals surface area (Å²) in [6.07, 6.45) is 3.26. The maximum Gasteiger partial charge on any atom is 0.144 e. The van der Waals surface area contributed by atoms with Crippen molar-refractivity contribution < 1.29 is 5.11 Å². The molecule has 0 bridgehead atoms. The topological polar surface area (TPSA) is 74.9 Å². The standard InChI is InChI=1S/C12H14ClN3O/c1-12(17,11-15-5-6-16-11)9-3-2-4-10(13)8(9)7-14/h2-6,17H,7,14H2,1H3,(H,15,16). The zero-order chi connectivity index (χ0) is 12.5. The van der Waals surface area contributed by atoms with Crippen molar-refractivity contribution in [3.05, 3.63) is 52.6 Å². The van der Waals surface area contributed by atoms with Crippen LogP contribution < -0.4 is 5.73 Å². The molecule has 1 aromatic heterocycles. The lowest BCUT2D eigenvalue weighted by Crippen LogP contribution is -2.27. The number of nitrogens with one attached hydrogen (secondary N) is 1. The fourth-order valence-electron chi connectivity index (χ4n) is 1.88. The number of H-pyrrole nitrogens is 1. The summed E-state index contributed by atoms with van der Waals surface area (Å²) in [6.45, 7) is 1.93. The quantitative estimate of drug-likeness (QED) is 0.778. The Hall–Kier alpha value is -1.36. The van der Waals surface area contributed by atoms with Gasteiger partial charge in [0.2, 0.25) is 0 Å². The van der Waals surface area contributed by atoms with Crippen LogP contribution in [0.5, 0.6) is 0 Å². The molecule has 0 spiro atoms. The van der Waals surface area contributed by atoms with Crippen molar-refractivity contribution in [3.63, 3.8) is 0 Å². The number of halogens is 1. The minimum absolute atomic E-state index is 0.270. The summed E-state index contributed by atoms with van der Waals surface area (Å²) < 4.78 is 0. The fraction of sp³-hybridized carbons (Fsp3) is 0.250. The van der Waals surface area contributed by atoms with Gasteiger partial charge in [-0.15, -0.1) is 0 Å². The number of rotatable bonds is 3. The molecule has 17 heavy (non-hydrogen) atoms. The number of hydrogen-bond donors (Lipinski definition) is 3. The predicted molar refractivity (Wildman–Crippen MR) is 66.6 cm³/mol. The number of nitrogens with zero attached hydrogens (tertiary/aromatic N) is 1. The van der Waals surface area contributed by atoms with Gasteiger partial charge in [0.05, 0.1) is 0 Å². The van der Waals surface area contributed by atoms with Gasteiger partial charge in [-0.25, -0.2) is 4.98 Å². The number of aliphatic hydroxyl groups is 1. The summed E-state index contributed by atoms with van der Waals surface area (Å²) in [5.74, 6) is 0.467. The third-order valence-electron chi connectivity index (χ3n) is 2.81. The summed E-state index contributed by atoms with van der Waals surface area (Å²) in [7, 11) is 0. The Bertz CT molecular complexity index is 508. The highest BCUT2D eigenvalue weighted by atomic mass is 35.5. The van der Waals surface area contributed by atoms with Gasteiger partial charge in [-0.1, -0.05) is 23.7 Å². The van der Waals surface area contributed by atoms with Crippen molar-refractivity contribution in [3.8, 4) is 0 Å². The highest BCUT2D eigenvalue weighted by Gasteiger charge is 2.31. The average Bonchev–Trinajstić information content (AvgIpc) is 2.82. The lowest BCUT2D eigenvalue weighted by atomic mass is 9.90. The van der Waals surface area contributed by atoms with Crippen molar-refractivity contribution in [1.29, 1.82) is 0 Å². The molecular formula is C12H14ClN3O. The molecule has 0 aliphatic rings. The first kappa shape index (κ1) is 12.1. The lowest BCUT2D eigenvalue weighted by Gasteiger charge is -2.24. The monoisotopic (exact) mass is 251 g/mol. The Morgan fingerprint density at radius 3 is 2.88 bits per heavy atom. The first-order chi connectivity index (χ1) is 8.07. The van der Waals surface area contributed by atoms with E-state index in [1.807, 2.05) is 0 Å². The molecule has 5 heteroatoms. The molecule has 4 N–H and O–H groups in total. The molecule has 2 rings (SSSR count). The van der Waals surface area contributed by atoms with Crippen LogP contribution in [0.4, 0.5) is 0 Å². The second-order valence-electron chi connectivity index (χ2n) is 3.98. The molecule has 90 valence electrons. The van der Waals surface area contributed by atoms with Crippen molar-refractivity contribution in [2.75, 3.05) is 0 Å². The van der Waals surface area contributed by atoms with Gasteiger partial charge in [-0.2, -0.15) is 0 Å². The smallest absolute Gasteiger partial charge is 0.144 e. The second kappa shape index (κ2) is 4.49. The van der Waals surface area contributed by atoms with Crippen LogP contribution >= 0.6 is 11.6 Å². The first-order valence-corrected chi connectivity index (χ1v) is 5.65. The van der Waals surface area contributed by atoms with Gasteiger partial charge in [0.1, 0.15) is 11.4 Å². The average molecular weight is 252 g/mol. The van der Waals surface area contributed by atoms with Gasteiger partial charge in [0.15, 0.2) is 0 Å². The molecular weight excluding hydrogens is 238 g/mol. The molecule has 0 radical (unpaired) electrons. The van der Waals surface area contributed by atoms with Gasteiger partial charge in [0.25, 0.3) is 0 Å². The predicted octanol–water partition coefficient (Wildman–Crippen LogP) is 1.78. The number of nitrogens with two attached hydrogens (primary N) is 1. The van der Waals surface area contributed by atoms with Gasteiger partial charge < -0.3 is 15.8 Å². The van der Waals surface area contributed by atoms with Gasteiger partial charge in [-0.05, 0) is 24.1 Å². The van der Waals surface area contributed by atoms with E-state index in [2.05, 4.69) is 9.97 Å². The molecule has 4 nitrogen and oxygen atoms in total. The Kier molecular flexibility index (Phi) is 3.19. The number of imidazole rings is 1. The number of aromatic nitrogens is 2. The van der Waals surface area contributed by atoms with E-state index in [9.17, 15) is 5.11 Å². The third-order valence-corrected chi connectivity index (χ3v) is 3.16. The van der Waals surface area contributed by atoms with Crippen LogP contribution in [0.25, 0.3) is 0 Å². The van der Waals surface area contributed by atoms with Crippen LogP contribution in [0.1, 0.15) is 23.9 Å². The summed E-state index contributed by atoms with van der Waals surface area (Å²) in [5.41, 5.74) is 5.84. The Morgan fingerprint density at radius 1 is 1.53 bits per heavy atom. The van der Waals surface area contributed by atoms with E-state index in [0.717, 1.165) is 5.56 Å². The van der Waals surface area contributed by atoms with Crippen molar-refractivity contribution in [2.24, 2.45) is 5.73 Å². The lowest BCUT2D eigenvalue weighted by molar-refractivity contribution is 0.0922. The number of aromatic amines is 1. The molecule has 1 aromatic carbocycles. The molecule has 1 atom stereocenters. The van der Waals surface area contributed by atoms with Gasteiger partial charge >= 0.3 is 0 Å². The van der Waals surface area contributed by atoms with E-state index in [-0.39, 0.29) is 6.54 Å². The van der Waals surface area contributed by atoms with Crippen LogP contribution in [0.2, 0.25) is 5.02 Å². The maximum atomic E-state index is 10.6. The summed E-state index contributed by atoms with van der Waals surface area (Å²) in [4.78, 5) is 6.98. The van der Waals surface area contributed by atoms with Crippen LogP contribution in [-0.4, -0.2) is 15.1 Å². The number of benzene rings is 1. The van der Waals surface area contributed by atoms with Crippen molar-refractivity contribution >= 4 is 11.6 Å². The molecule has 1 heterocycles. The molecule has 1 unspecified atom stereocenters. The fourth-order valence-corrected chi connectivity index (χ4v) is 2.13. The molecule has 0 amide bonds. The second-order valence-corrected chi connectivity index (χ2v) is 4.39. The SMILES string of the molecule is CC(O)(c1ncc[nH]1)c1cccc(Cl)c1CN. The van der Waals surface area contributed by atoms with Crippen LogP contribution in [0, 0.1) is 0 Å². The minimum Gasteiger partial charge on any atom is -0.377 e. The first-order valence-electron chi connectivity index (χ1n) is 5.27. The molecule has 0 aliphatic carbocycles. The molecule has 0 fully saturated rings. The Balaban J connectivity index is 2.57. The third kappa shape index (κ3) is 2.07. The highest BCUT2D eigenvalue weighted by Crippen LogP contribution is 2.32. The van der Waals surface area contributed by atoms with E-state index >= 15 is 0 Å². The van der Waals surface area contributed by atoms with E-state index < -0.39 is 5.60 Å². The zero-order valence-electron chi connectivity index (χ0n) is 9.44. The number of hydrogen-bond acceptors (Lipinski definition) is 3. The molecule has 0 saturated carbocycles. The molecule has 0 saturated heterocycles. The molecule has 2 aromatic rings. The van der Waals surface area contributed by atoms with Gasteiger partial charge in [0, 0.05) is 24.0 Å². The highest BCUT2D eigenvalue weighted by molar-refractivity contribution is 6.31. The van der Waals surface area contributed by atoms with E-state index in [1.165, 1.54) is 0 Å². The van der Waals surface area contributed by atoms with Gasteiger partial charge in [-0.3, -0.25) is 0 Å². The van der Waals surface area contributed by atoms with Crippen molar-refractivity contribution in [1.82, 2.24) is 9.97 Å². The largest absolute Gasteiger partial charge is 0.377 e. The normalized spacial score (nSPS) is 14.6. The Morgan fingerprint density at radius 2 is 2.29 bits per heavy atom. The zero-order valence-corrected chi connectivity index (χ0v) is 10.2.